The highest BCUT2D eigenvalue weighted by Crippen LogP contribution is 2.37. The van der Waals surface area contributed by atoms with Gasteiger partial charge in [-0.3, -0.25) is 9.80 Å². The number of fused-ring (bicyclic) bond motifs is 1. The third kappa shape index (κ3) is 4.21. The molecule has 3 saturated heterocycles. The number of benzene rings is 1. The van der Waals surface area contributed by atoms with E-state index < -0.39 is 12.7 Å². The molecule has 174 valence electrons. The summed E-state index contributed by atoms with van der Waals surface area (Å²) in [6.07, 6.45) is -4.16. The van der Waals surface area contributed by atoms with Crippen molar-refractivity contribution in [2.24, 2.45) is 15.6 Å². The minimum atomic E-state index is -4.16. The molecule has 0 atom stereocenters. The van der Waals surface area contributed by atoms with Crippen LogP contribution in [0, 0.1) is 5.41 Å². The second-order valence-electron chi connectivity index (χ2n) is 9.36. The molecular formula is C21H27ClF3N7. The van der Waals surface area contributed by atoms with Crippen LogP contribution in [0.4, 0.5) is 18.9 Å². The molecule has 5 rings (SSSR count). The maximum atomic E-state index is 12.7. The monoisotopic (exact) mass is 469 g/mol. The van der Waals surface area contributed by atoms with E-state index in [0.717, 1.165) is 43.4 Å². The van der Waals surface area contributed by atoms with E-state index in [1.807, 2.05) is 18.2 Å². The Morgan fingerprint density at radius 2 is 1.97 bits per heavy atom. The average Bonchev–Trinajstić information content (AvgIpc) is 2.79. The van der Waals surface area contributed by atoms with Crippen molar-refractivity contribution in [2.75, 3.05) is 63.8 Å². The summed E-state index contributed by atoms with van der Waals surface area (Å²) >= 11 is 6.31. The van der Waals surface area contributed by atoms with Gasteiger partial charge in [0.2, 0.25) is 5.96 Å². The molecule has 3 fully saturated rings. The molecule has 4 aliphatic rings. The van der Waals surface area contributed by atoms with Crippen molar-refractivity contribution in [1.29, 1.82) is 0 Å². The largest absolute Gasteiger partial charge is 0.401 e. The number of rotatable bonds is 3. The molecule has 0 aliphatic carbocycles. The highest BCUT2D eigenvalue weighted by molar-refractivity contribution is 6.30. The van der Waals surface area contributed by atoms with Gasteiger partial charge in [0.15, 0.2) is 0 Å². The maximum Gasteiger partial charge on any atom is 0.401 e. The Morgan fingerprint density at radius 3 is 2.59 bits per heavy atom. The highest BCUT2D eigenvalue weighted by atomic mass is 35.5. The summed E-state index contributed by atoms with van der Waals surface area (Å²) in [5, 5.41) is 12.2. The van der Waals surface area contributed by atoms with Crippen LogP contribution in [0.3, 0.4) is 0 Å². The molecule has 0 amide bonds. The van der Waals surface area contributed by atoms with Gasteiger partial charge in [-0.1, -0.05) is 11.6 Å². The number of hydrogen-bond donors (Lipinski definition) is 1. The zero-order chi connectivity index (χ0) is 22.5. The summed E-state index contributed by atoms with van der Waals surface area (Å²) in [5.74, 6) is 0.773. The van der Waals surface area contributed by atoms with Crippen LogP contribution in [0.2, 0.25) is 5.02 Å². The van der Waals surface area contributed by atoms with E-state index in [2.05, 4.69) is 36.9 Å². The van der Waals surface area contributed by atoms with Gasteiger partial charge >= 0.3 is 6.18 Å². The van der Waals surface area contributed by atoms with Gasteiger partial charge in [0.05, 0.1) is 6.54 Å². The van der Waals surface area contributed by atoms with Crippen molar-refractivity contribution in [3.05, 3.63) is 28.8 Å². The normalized spacial score (nSPS) is 24.4. The van der Waals surface area contributed by atoms with Crippen LogP contribution in [0.25, 0.3) is 0 Å². The minimum absolute atomic E-state index is 0.0929. The van der Waals surface area contributed by atoms with E-state index >= 15 is 0 Å². The minimum Gasteiger partial charge on any atom is -0.339 e. The number of anilines is 1. The number of alkyl halides is 3. The lowest BCUT2D eigenvalue weighted by molar-refractivity contribution is -0.160. The highest BCUT2D eigenvalue weighted by Gasteiger charge is 2.50. The molecule has 1 aromatic carbocycles. The molecule has 0 radical (unpaired) electrons. The third-order valence-electron chi connectivity index (χ3n) is 6.91. The van der Waals surface area contributed by atoms with Crippen LogP contribution in [0.15, 0.2) is 28.4 Å². The number of hydrogen-bond acceptors (Lipinski definition) is 5. The van der Waals surface area contributed by atoms with Crippen LogP contribution in [-0.2, 0) is 6.54 Å². The fraction of sp³-hybridized carbons (Fsp3) is 0.619. The van der Waals surface area contributed by atoms with Crippen LogP contribution in [0.5, 0.6) is 0 Å². The molecule has 1 spiro atoms. The van der Waals surface area contributed by atoms with Gasteiger partial charge in [-0.25, -0.2) is 0 Å². The summed E-state index contributed by atoms with van der Waals surface area (Å²) < 4.78 is 38.1. The predicted octanol–water partition coefficient (Wildman–Crippen LogP) is 2.09. The number of nitrogens with one attached hydrogen (secondary N) is 1. The van der Waals surface area contributed by atoms with E-state index in [9.17, 15) is 13.2 Å². The lowest BCUT2D eigenvalue weighted by Gasteiger charge is -2.57. The summed E-state index contributed by atoms with van der Waals surface area (Å²) in [6.45, 7) is 9.48. The van der Waals surface area contributed by atoms with Gasteiger partial charge in [-0.15, -0.1) is 5.10 Å². The van der Waals surface area contributed by atoms with Crippen molar-refractivity contribution >= 4 is 30.0 Å². The van der Waals surface area contributed by atoms with E-state index in [1.54, 1.807) is 0 Å². The molecule has 4 aliphatic heterocycles. The standard InChI is InChI=1S/C21H27ClF3N7/c1-26-28-19(31-12-20(13-31)10-27-11-20)32-5-4-30(7-15-6-16(22)2-3-18(15)32)17-8-29(9-17)14-21(23,24)25/h2-3,6,17,27H,1,4-5,7-14H2/b28-19-. The Labute approximate surface area is 190 Å². The lowest BCUT2D eigenvalue weighted by atomic mass is 9.74. The Bertz CT molecular complexity index is 903. The number of guanidine groups is 1. The summed E-state index contributed by atoms with van der Waals surface area (Å²) in [4.78, 5) is 8.10. The van der Waals surface area contributed by atoms with Crippen molar-refractivity contribution in [3.8, 4) is 0 Å². The zero-order valence-electron chi connectivity index (χ0n) is 17.8. The van der Waals surface area contributed by atoms with Crippen LogP contribution >= 0.6 is 11.6 Å². The van der Waals surface area contributed by atoms with Gasteiger partial charge < -0.3 is 15.1 Å². The van der Waals surface area contributed by atoms with Crippen molar-refractivity contribution in [1.82, 2.24) is 20.0 Å². The summed E-state index contributed by atoms with van der Waals surface area (Å²) in [7, 11) is 0. The molecule has 7 nitrogen and oxygen atoms in total. The van der Waals surface area contributed by atoms with Crippen LogP contribution < -0.4 is 10.2 Å². The topological polar surface area (TPSA) is 49.7 Å². The first-order chi connectivity index (χ1) is 15.3. The number of nitrogens with zero attached hydrogens (tertiary/aromatic N) is 6. The fourth-order valence-corrected chi connectivity index (χ4v) is 5.42. The lowest BCUT2D eigenvalue weighted by Crippen LogP contribution is -2.73. The Morgan fingerprint density at radius 1 is 1.22 bits per heavy atom. The van der Waals surface area contributed by atoms with Crippen molar-refractivity contribution in [3.63, 3.8) is 0 Å². The Hall–Kier alpha value is -1.88. The molecule has 0 bridgehead atoms. The Kier molecular flexibility index (Phi) is 5.59. The maximum absolute atomic E-state index is 12.7. The van der Waals surface area contributed by atoms with Gasteiger partial charge in [-0.2, -0.15) is 18.3 Å². The first-order valence-electron chi connectivity index (χ1n) is 10.8. The summed E-state index contributed by atoms with van der Waals surface area (Å²) in [5.41, 5.74) is 2.39. The van der Waals surface area contributed by atoms with Gasteiger partial charge in [0, 0.05) is 87.8 Å². The van der Waals surface area contributed by atoms with Gasteiger partial charge in [-0.05, 0) is 23.8 Å². The second-order valence-corrected chi connectivity index (χ2v) is 9.80. The fourth-order valence-electron chi connectivity index (χ4n) is 5.22. The molecule has 1 aromatic rings. The van der Waals surface area contributed by atoms with Crippen LogP contribution in [-0.4, -0.2) is 98.5 Å². The van der Waals surface area contributed by atoms with Crippen LogP contribution in [0.1, 0.15) is 5.56 Å². The Balaban J connectivity index is 1.34. The summed E-state index contributed by atoms with van der Waals surface area (Å²) in [6, 6.07) is 5.90. The molecule has 1 N–H and O–H groups in total. The van der Waals surface area contributed by atoms with Crippen molar-refractivity contribution < 1.29 is 13.2 Å². The first-order valence-corrected chi connectivity index (χ1v) is 11.2. The molecule has 4 heterocycles. The van der Waals surface area contributed by atoms with Gasteiger partial charge in [0.1, 0.15) is 0 Å². The molecule has 11 heteroatoms. The van der Waals surface area contributed by atoms with Gasteiger partial charge in [0.25, 0.3) is 0 Å². The third-order valence-corrected chi connectivity index (χ3v) is 7.15. The quantitative estimate of drug-likeness (QED) is 0.417. The smallest absolute Gasteiger partial charge is 0.339 e. The molecule has 0 aromatic heterocycles. The SMILES string of the molecule is C=N/N=C(/N1CC2(CNC2)C1)N1CCN(C2CN(CC(F)(F)F)C2)Cc2cc(Cl)ccc21. The van der Waals surface area contributed by atoms with E-state index in [4.69, 9.17) is 11.6 Å². The molecule has 0 saturated carbocycles. The second kappa shape index (κ2) is 8.16. The van der Waals surface area contributed by atoms with E-state index in [1.165, 1.54) is 4.90 Å². The average molecular weight is 470 g/mol. The van der Waals surface area contributed by atoms with E-state index in [0.29, 0.717) is 43.2 Å². The predicted molar refractivity (Wildman–Crippen MR) is 119 cm³/mol. The van der Waals surface area contributed by atoms with E-state index in [-0.39, 0.29) is 6.04 Å². The molecule has 32 heavy (non-hydrogen) atoms. The molecular weight excluding hydrogens is 443 g/mol. The molecule has 0 unspecified atom stereocenters. The zero-order valence-corrected chi connectivity index (χ0v) is 18.5. The number of likely N-dealkylation sites (tertiary alicyclic amines) is 2. The number of halogens is 4. The first kappa shape index (κ1) is 21.9. The van der Waals surface area contributed by atoms with Crippen molar-refractivity contribution in [2.45, 2.75) is 18.8 Å².